The molecular formula is C22H20N2O7. The summed E-state index contributed by atoms with van der Waals surface area (Å²) in [6.07, 6.45) is 1.52. The Hall–Kier alpha value is -3.88. The van der Waals surface area contributed by atoms with Crippen molar-refractivity contribution in [2.45, 2.75) is 32.2 Å². The highest BCUT2D eigenvalue weighted by molar-refractivity contribution is 6.22. The second-order valence-electron chi connectivity index (χ2n) is 7.02. The van der Waals surface area contributed by atoms with Crippen molar-refractivity contribution in [3.8, 4) is 0 Å². The number of unbranched alkanes of at least 4 members (excludes halogenated alkanes) is 1. The Bertz CT molecular complexity index is 1010. The Kier molecular flexibility index (Phi) is 6.54. The summed E-state index contributed by atoms with van der Waals surface area (Å²) in [6.45, 7) is 1.30. The molecule has 0 unspecified atom stereocenters. The lowest BCUT2D eigenvalue weighted by atomic mass is 10.1. The molecule has 1 aliphatic rings. The summed E-state index contributed by atoms with van der Waals surface area (Å²) in [5.74, 6) is -2.54. The van der Waals surface area contributed by atoms with Gasteiger partial charge in [0.15, 0.2) is 12.4 Å². The fourth-order valence-electron chi connectivity index (χ4n) is 3.33. The molecule has 0 aliphatic carbocycles. The Balaban J connectivity index is 1.72. The first-order valence-electron chi connectivity index (χ1n) is 9.76. The monoisotopic (exact) mass is 424 g/mol. The first-order valence-corrected chi connectivity index (χ1v) is 9.76. The average Bonchev–Trinajstić information content (AvgIpc) is 3.03. The van der Waals surface area contributed by atoms with Gasteiger partial charge in [-0.1, -0.05) is 31.9 Å². The second-order valence-corrected chi connectivity index (χ2v) is 7.02. The lowest BCUT2D eigenvalue weighted by Gasteiger charge is -2.24. The summed E-state index contributed by atoms with van der Waals surface area (Å²) in [5, 5.41) is 10.7. The normalized spacial score (nSPS) is 13.6. The van der Waals surface area contributed by atoms with Crippen molar-refractivity contribution in [1.29, 1.82) is 0 Å². The molecule has 0 spiro atoms. The number of ketones is 1. The van der Waals surface area contributed by atoms with Crippen molar-refractivity contribution >= 4 is 29.3 Å². The largest absolute Gasteiger partial charge is 0.456 e. The number of ether oxygens (including phenoxy) is 1. The minimum absolute atomic E-state index is 0.143. The van der Waals surface area contributed by atoms with Crippen LogP contribution in [0.2, 0.25) is 0 Å². The summed E-state index contributed by atoms with van der Waals surface area (Å²) < 4.78 is 5.13. The third-order valence-electron chi connectivity index (χ3n) is 4.99. The Morgan fingerprint density at radius 2 is 1.61 bits per heavy atom. The molecule has 3 rings (SSSR count). The average molecular weight is 424 g/mol. The van der Waals surface area contributed by atoms with Gasteiger partial charge >= 0.3 is 5.97 Å². The number of nitrogens with zero attached hydrogens (tertiary/aromatic N) is 2. The van der Waals surface area contributed by atoms with Crippen LogP contribution in [0.25, 0.3) is 0 Å². The molecular weight excluding hydrogens is 404 g/mol. The number of non-ortho nitro benzene ring substituents is 1. The molecule has 2 amide bonds. The van der Waals surface area contributed by atoms with Gasteiger partial charge in [-0.2, -0.15) is 0 Å². The van der Waals surface area contributed by atoms with Crippen LogP contribution >= 0.6 is 0 Å². The van der Waals surface area contributed by atoms with E-state index in [1.807, 2.05) is 6.92 Å². The number of fused-ring (bicyclic) bond motifs is 1. The van der Waals surface area contributed by atoms with Crippen LogP contribution in [0.15, 0.2) is 48.5 Å². The summed E-state index contributed by atoms with van der Waals surface area (Å²) >= 11 is 0. The minimum Gasteiger partial charge on any atom is -0.456 e. The molecule has 0 saturated carbocycles. The van der Waals surface area contributed by atoms with Crippen LogP contribution in [-0.2, 0) is 9.53 Å². The van der Waals surface area contributed by atoms with Gasteiger partial charge in [-0.3, -0.25) is 29.4 Å². The molecule has 0 fully saturated rings. The third kappa shape index (κ3) is 4.50. The summed E-state index contributed by atoms with van der Waals surface area (Å²) in [6, 6.07) is 10.1. The summed E-state index contributed by atoms with van der Waals surface area (Å²) in [4.78, 5) is 61.5. The number of benzene rings is 2. The zero-order valence-electron chi connectivity index (χ0n) is 16.8. The number of Topliss-reactive ketones (excluding diaryl/α,β-unsaturated/α-hetero) is 1. The van der Waals surface area contributed by atoms with E-state index in [0.717, 1.165) is 11.3 Å². The van der Waals surface area contributed by atoms with Gasteiger partial charge in [0.2, 0.25) is 0 Å². The number of hydrogen-bond acceptors (Lipinski definition) is 7. The SMILES string of the molecule is CCCC[C@H](C(=O)OCC(=O)c1ccc([N+](=O)[O-])cc1)N1C(=O)c2ccccc2C1=O. The predicted octanol–water partition coefficient (Wildman–Crippen LogP) is 3.18. The number of hydrogen-bond donors (Lipinski definition) is 0. The molecule has 1 aliphatic heterocycles. The number of amides is 2. The highest BCUT2D eigenvalue weighted by atomic mass is 16.6. The Morgan fingerprint density at radius 1 is 1.03 bits per heavy atom. The number of carbonyl (C=O) groups excluding carboxylic acids is 4. The number of esters is 1. The number of nitro groups is 1. The molecule has 1 atom stereocenters. The number of imide groups is 1. The van der Waals surface area contributed by atoms with Crippen LogP contribution in [0.1, 0.15) is 57.3 Å². The van der Waals surface area contributed by atoms with Crippen LogP contribution in [0, 0.1) is 10.1 Å². The van der Waals surface area contributed by atoms with E-state index in [0.29, 0.717) is 6.42 Å². The first kappa shape index (κ1) is 21.8. The third-order valence-corrected chi connectivity index (χ3v) is 4.99. The van der Waals surface area contributed by atoms with Crippen molar-refractivity contribution in [3.05, 3.63) is 75.3 Å². The van der Waals surface area contributed by atoms with Crippen LogP contribution in [-0.4, -0.2) is 46.0 Å². The molecule has 9 heteroatoms. The van der Waals surface area contributed by atoms with Crippen molar-refractivity contribution in [3.63, 3.8) is 0 Å². The molecule has 2 aromatic rings. The van der Waals surface area contributed by atoms with Gasteiger partial charge in [-0.25, -0.2) is 4.79 Å². The first-order chi connectivity index (χ1) is 14.8. The second kappa shape index (κ2) is 9.29. The van der Waals surface area contributed by atoms with E-state index in [-0.39, 0.29) is 28.8 Å². The molecule has 0 bridgehead atoms. The van der Waals surface area contributed by atoms with E-state index in [9.17, 15) is 29.3 Å². The Morgan fingerprint density at radius 3 is 2.13 bits per heavy atom. The van der Waals surface area contributed by atoms with Crippen molar-refractivity contribution in [1.82, 2.24) is 4.90 Å². The lowest BCUT2D eigenvalue weighted by molar-refractivity contribution is -0.384. The highest BCUT2D eigenvalue weighted by Crippen LogP contribution is 2.27. The van der Waals surface area contributed by atoms with E-state index in [4.69, 9.17) is 4.74 Å². The molecule has 1 heterocycles. The van der Waals surface area contributed by atoms with Crippen LogP contribution in [0.5, 0.6) is 0 Å². The molecule has 0 N–H and O–H groups in total. The van der Waals surface area contributed by atoms with Gasteiger partial charge < -0.3 is 4.74 Å². The summed E-state index contributed by atoms with van der Waals surface area (Å²) in [7, 11) is 0. The van der Waals surface area contributed by atoms with E-state index in [2.05, 4.69) is 0 Å². The maximum atomic E-state index is 12.7. The number of rotatable bonds is 9. The van der Waals surface area contributed by atoms with Gasteiger partial charge in [0.05, 0.1) is 16.1 Å². The zero-order valence-corrected chi connectivity index (χ0v) is 16.8. The van der Waals surface area contributed by atoms with Crippen molar-refractivity contribution < 1.29 is 28.8 Å². The lowest BCUT2D eigenvalue weighted by Crippen LogP contribution is -2.46. The van der Waals surface area contributed by atoms with E-state index < -0.39 is 41.1 Å². The molecule has 31 heavy (non-hydrogen) atoms. The molecule has 0 saturated heterocycles. The zero-order chi connectivity index (χ0) is 22.5. The quantitative estimate of drug-likeness (QED) is 0.199. The van der Waals surface area contributed by atoms with Gasteiger partial charge in [0.25, 0.3) is 17.5 Å². The molecule has 9 nitrogen and oxygen atoms in total. The molecule has 160 valence electrons. The molecule has 0 radical (unpaired) electrons. The van der Waals surface area contributed by atoms with Crippen molar-refractivity contribution in [2.24, 2.45) is 0 Å². The fourth-order valence-corrected chi connectivity index (χ4v) is 3.33. The Labute approximate surface area is 177 Å². The maximum Gasteiger partial charge on any atom is 0.329 e. The maximum absolute atomic E-state index is 12.7. The van der Waals surface area contributed by atoms with Gasteiger partial charge in [-0.05, 0) is 30.7 Å². The summed E-state index contributed by atoms with van der Waals surface area (Å²) in [5.41, 5.74) is 0.426. The van der Waals surface area contributed by atoms with Gasteiger partial charge in [-0.15, -0.1) is 0 Å². The fraction of sp³-hybridized carbons (Fsp3) is 0.273. The molecule has 2 aromatic carbocycles. The van der Waals surface area contributed by atoms with Crippen LogP contribution < -0.4 is 0 Å². The minimum atomic E-state index is -1.14. The van der Waals surface area contributed by atoms with Crippen LogP contribution in [0.4, 0.5) is 5.69 Å². The van der Waals surface area contributed by atoms with Gasteiger partial charge in [0.1, 0.15) is 6.04 Å². The number of carbonyl (C=O) groups is 4. The smallest absolute Gasteiger partial charge is 0.329 e. The van der Waals surface area contributed by atoms with E-state index in [1.54, 1.807) is 12.1 Å². The van der Waals surface area contributed by atoms with Gasteiger partial charge in [0, 0.05) is 17.7 Å². The number of nitro benzene ring substituents is 1. The predicted molar refractivity (Wildman–Crippen MR) is 109 cm³/mol. The standard InChI is InChI=1S/C22H20N2O7/c1-2-3-8-18(23-20(26)16-6-4-5-7-17(16)21(23)27)22(28)31-13-19(25)14-9-11-15(12-10-14)24(29)30/h4-7,9-12,18H,2-3,8,13H2,1H3/t18-/m1/s1. The molecule has 0 aromatic heterocycles. The van der Waals surface area contributed by atoms with E-state index in [1.165, 1.54) is 36.4 Å². The highest BCUT2D eigenvalue weighted by Gasteiger charge is 2.43. The van der Waals surface area contributed by atoms with Crippen molar-refractivity contribution in [2.75, 3.05) is 6.61 Å². The topological polar surface area (TPSA) is 124 Å². The van der Waals surface area contributed by atoms with E-state index >= 15 is 0 Å². The van der Waals surface area contributed by atoms with Crippen LogP contribution in [0.3, 0.4) is 0 Å².